The smallest absolute Gasteiger partial charge is 0.191 e. The molecule has 0 spiro atoms. The standard InChI is InChI=1S/C16H27N3O2/c1-3-4-12-20-13-10-18-16(17-2)19-11-14-21-15-8-6-5-7-9-15/h5-9H,3-4,10-14H2,1-2H3,(H2,17,18,19). The van der Waals surface area contributed by atoms with Crippen LogP contribution >= 0.6 is 0 Å². The van der Waals surface area contributed by atoms with Gasteiger partial charge in [0.05, 0.1) is 13.2 Å². The fraction of sp³-hybridized carbons (Fsp3) is 0.562. The molecule has 21 heavy (non-hydrogen) atoms. The Morgan fingerprint density at radius 1 is 1.05 bits per heavy atom. The molecule has 0 radical (unpaired) electrons. The van der Waals surface area contributed by atoms with E-state index in [1.807, 2.05) is 30.3 Å². The maximum Gasteiger partial charge on any atom is 0.191 e. The molecule has 0 bridgehead atoms. The van der Waals surface area contributed by atoms with E-state index >= 15 is 0 Å². The van der Waals surface area contributed by atoms with Crippen LogP contribution in [0.5, 0.6) is 5.75 Å². The lowest BCUT2D eigenvalue weighted by molar-refractivity contribution is 0.136. The van der Waals surface area contributed by atoms with Crippen LogP contribution in [-0.2, 0) is 4.74 Å². The average molecular weight is 293 g/mol. The van der Waals surface area contributed by atoms with E-state index in [1.165, 1.54) is 0 Å². The van der Waals surface area contributed by atoms with Crippen LogP contribution in [0.4, 0.5) is 0 Å². The number of benzene rings is 1. The van der Waals surface area contributed by atoms with E-state index in [4.69, 9.17) is 9.47 Å². The highest BCUT2D eigenvalue weighted by Gasteiger charge is 1.97. The number of guanidine groups is 1. The number of nitrogens with zero attached hydrogens (tertiary/aromatic N) is 1. The quantitative estimate of drug-likeness (QED) is 0.394. The lowest BCUT2D eigenvalue weighted by atomic mass is 10.3. The number of nitrogens with one attached hydrogen (secondary N) is 2. The summed E-state index contributed by atoms with van der Waals surface area (Å²) in [7, 11) is 1.76. The van der Waals surface area contributed by atoms with Gasteiger partial charge in [-0.25, -0.2) is 0 Å². The minimum atomic E-state index is 0.595. The molecule has 0 fully saturated rings. The topological polar surface area (TPSA) is 54.9 Å². The third-order valence-corrected chi connectivity index (χ3v) is 2.81. The van der Waals surface area contributed by atoms with Crippen LogP contribution in [0, 0.1) is 0 Å². The second-order valence-electron chi connectivity index (χ2n) is 4.55. The summed E-state index contributed by atoms with van der Waals surface area (Å²) in [5, 5.41) is 6.40. The highest BCUT2D eigenvalue weighted by atomic mass is 16.5. The number of aliphatic imine (C=N–C) groups is 1. The first-order valence-electron chi connectivity index (χ1n) is 7.57. The van der Waals surface area contributed by atoms with Gasteiger partial charge in [-0.05, 0) is 18.6 Å². The molecule has 5 nitrogen and oxygen atoms in total. The van der Waals surface area contributed by atoms with Crippen molar-refractivity contribution in [2.75, 3.05) is 40.0 Å². The second-order valence-corrected chi connectivity index (χ2v) is 4.55. The predicted molar refractivity (Wildman–Crippen MR) is 87.0 cm³/mol. The first-order valence-corrected chi connectivity index (χ1v) is 7.57. The summed E-state index contributed by atoms with van der Waals surface area (Å²) in [6, 6.07) is 9.78. The summed E-state index contributed by atoms with van der Waals surface area (Å²) in [5.41, 5.74) is 0. The Morgan fingerprint density at radius 2 is 1.76 bits per heavy atom. The molecule has 1 aromatic rings. The number of unbranched alkanes of at least 4 members (excludes halogenated alkanes) is 1. The Kier molecular flexibility index (Phi) is 9.91. The molecular formula is C16H27N3O2. The zero-order valence-corrected chi connectivity index (χ0v) is 13.1. The van der Waals surface area contributed by atoms with Gasteiger partial charge >= 0.3 is 0 Å². The highest BCUT2D eigenvalue weighted by Crippen LogP contribution is 2.07. The van der Waals surface area contributed by atoms with Crippen LogP contribution in [0.1, 0.15) is 19.8 Å². The second kappa shape index (κ2) is 12.0. The van der Waals surface area contributed by atoms with E-state index in [9.17, 15) is 0 Å². The number of rotatable bonds is 10. The Hall–Kier alpha value is -1.75. The first kappa shape index (κ1) is 17.3. The molecule has 0 saturated carbocycles. The normalized spacial score (nSPS) is 11.2. The van der Waals surface area contributed by atoms with Crippen molar-refractivity contribution in [2.45, 2.75) is 19.8 Å². The number of para-hydroxylation sites is 1. The third-order valence-electron chi connectivity index (χ3n) is 2.81. The molecule has 1 aromatic carbocycles. The van der Waals surface area contributed by atoms with E-state index in [1.54, 1.807) is 7.05 Å². The fourth-order valence-corrected chi connectivity index (χ4v) is 1.67. The van der Waals surface area contributed by atoms with Gasteiger partial charge in [-0.3, -0.25) is 4.99 Å². The number of ether oxygens (including phenoxy) is 2. The third kappa shape index (κ3) is 8.92. The fourth-order valence-electron chi connectivity index (χ4n) is 1.67. The van der Waals surface area contributed by atoms with Gasteiger partial charge in [0.2, 0.25) is 0 Å². The molecule has 1 rings (SSSR count). The van der Waals surface area contributed by atoms with Crippen molar-refractivity contribution in [2.24, 2.45) is 4.99 Å². The molecule has 0 aliphatic rings. The van der Waals surface area contributed by atoms with Crippen molar-refractivity contribution < 1.29 is 9.47 Å². The summed E-state index contributed by atoms with van der Waals surface area (Å²) in [6.45, 7) is 5.73. The Morgan fingerprint density at radius 3 is 2.43 bits per heavy atom. The molecule has 118 valence electrons. The van der Waals surface area contributed by atoms with Crippen molar-refractivity contribution in [3.8, 4) is 5.75 Å². The summed E-state index contributed by atoms with van der Waals surface area (Å²) in [4.78, 5) is 4.15. The van der Waals surface area contributed by atoms with E-state index < -0.39 is 0 Å². The largest absolute Gasteiger partial charge is 0.492 e. The van der Waals surface area contributed by atoms with E-state index in [0.29, 0.717) is 19.8 Å². The summed E-state index contributed by atoms with van der Waals surface area (Å²) >= 11 is 0. The monoisotopic (exact) mass is 293 g/mol. The van der Waals surface area contributed by atoms with Crippen LogP contribution in [0.2, 0.25) is 0 Å². The van der Waals surface area contributed by atoms with Gasteiger partial charge in [0, 0.05) is 20.2 Å². The summed E-state index contributed by atoms with van der Waals surface area (Å²) < 4.78 is 11.1. The zero-order valence-electron chi connectivity index (χ0n) is 13.1. The molecule has 0 atom stereocenters. The van der Waals surface area contributed by atoms with Gasteiger partial charge in [-0.15, -0.1) is 0 Å². The molecule has 0 heterocycles. The number of hydrogen-bond donors (Lipinski definition) is 2. The molecule has 5 heteroatoms. The lowest BCUT2D eigenvalue weighted by Gasteiger charge is -2.12. The van der Waals surface area contributed by atoms with Crippen molar-refractivity contribution in [3.05, 3.63) is 30.3 Å². The molecule has 0 aliphatic heterocycles. The van der Waals surface area contributed by atoms with E-state index in [2.05, 4.69) is 22.5 Å². The van der Waals surface area contributed by atoms with Crippen molar-refractivity contribution in [1.29, 1.82) is 0 Å². The summed E-state index contributed by atoms with van der Waals surface area (Å²) in [6.07, 6.45) is 2.28. The van der Waals surface area contributed by atoms with Crippen LogP contribution in [0.15, 0.2) is 35.3 Å². The van der Waals surface area contributed by atoms with Crippen LogP contribution in [0.3, 0.4) is 0 Å². The van der Waals surface area contributed by atoms with Crippen molar-refractivity contribution in [1.82, 2.24) is 10.6 Å². The average Bonchev–Trinajstić information content (AvgIpc) is 2.53. The maximum absolute atomic E-state index is 5.60. The minimum absolute atomic E-state index is 0.595. The first-order chi connectivity index (χ1) is 10.4. The van der Waals surface area contributed by atoms with Gasteiger partial charge < -0.3 is 20.1 Å². The minimum Gasteiger partial charge on any atom is -0.492 e. The van der Waals surface area contributed by atoms with E-state index in [-0.39, 0.29) is 0 Å². The highest BCUT2D eigenvalue weighted by molar-refractivity contribution is 5.79. The molecule has 0 aliphatic carbocycles. The van der Waals surface area contributed by atoms with Crippen molar-refractivity contribution in [3.63, 3.8) is 0 Å². The SMILES string of the molecule is CCCCOCCNC(=NC)NCCOc1ccccc1. The molecule has 0 unspecified atom stereocenters. The lowest BCUT2D eigenvalue weighted by Crippen LogP contribution is -2.40. The molecule has 2 N–H and O–H groups in total. The van der Waals surface area contributed by atoms with Crippen LogP contribution in [-0.4, -0.2) is 45.9 Å². The Balaban J connectivity index is 2.03. The molecule has 0 amide bonds. The Bertz CT molecular complexity index is 382. The summed E-state index contributed by atoms with van der Waals surface area (Å²) in [5.74, 6) is 1.65. The van der Waals surface area contributed by atoms with Crippen LogP contribution in [0.25, 0.3) is 0 Å². The molecule has 0 saturated heterocycles. The zero-order chi connectivity index (χ0) is 15.2. The predicted octanol–water partition coefficient (Wildman–Crippen LogP) is 2.05. The Labute approximate surface area is 127 Å². The molecular weight excluding hydrogens is 266 g/mol. The van der Waals surface area contributed by atoms with E-state index in [0.717, 1.165) is 37.7 Å². The van der Waals surface area contributed by atoms with Gasteiger partial charge in [-0.2, -0.15) is 0 Å². The van der Waals surface area contributed by atoms with Gasteiger partial charge in [0.25, 0.3) is 0 Å². The maximum atomic E-state index is 5.60. The van der Waals surface area contributed by atoms with Crippen molar-refractivity contribution >= 4 is 5.96 Å². The van der Waals surface area contributed by atoms with Gasteiger partial charge in [0.1, 0.15) is 12.4 Å². The number of hydrogen-bond acceptors (Lipinski definition) is 3. The van der Waals surface area contributed by atoms with Gasteiger partial charge in [-0.1, -0.05) is 31.5 Å². The van der Waals surface area contributed by atoms with Crippen LogP contribution < -0.4 is 15.4 Å². The molecule has 0 aromatic heterocycles. The van der Waals surface area contributed by atoms with Gasteiger partial charge in [0.15, 0.2) is 5.96 Å².